The van der Waals surface area contributed by atoms with Crippen molar-refractivity contribution in [1.29, 1.82) is 0 Å². The van der Waals surface area contributed by atoms with Gasteiger partial charge in [-0.1, -0.05) is 19.4 Å². The molecule has 0 saturated heterocycles. The van der Waals surface area contributed by atoms with E-state index in [9.17, 15) is 4.79 Å². The molecule has 3 heteroatoms. The highest BCUT2D eigenvalue weighted by molar-refractivity contribution is 5.81. The Labute approximate surface area is 80.4 Å². The van der Waals surface area contributed by atoms with Gasteiger partial charge in [-0.2, -0.15) is 0 Å². The Morgan fingerprint density at radius 3 is 2.77 bits per heavy atom. The van der Waals surface area contributed by atoms with Crippen molar-refractivity contribution in [1.82, 2.24) is 5.32 Å². The fraction of sp³-hybridized carbons (Fsp3) is 0.700. The Balaban J connectivity index is 3.77. The molecule has 0 rings (SSSR count). The van der Waals surface area contributed by atoms with Crippen molar-refractivity contribution in [2.45, 2.75) is 45.2 Å². The second kappa shape index (κ2) is 6.66. The molecular weight excluding hydrogens is 164 g/mol. The van der Waals surface area contributed by atoms with Gasteiger partial charge < -0.3 is 11.1 Å². The highest BCUT2D eigenvalue weighted by Crippen LogP contribution is 1.96. The first-order valence-electron chi connectivity index (χ1n) is 4.78. The molecule has 0 aromatic rings. The Morgan fingerprint density at radius 2 is 2.31 bits per heavy atom. The van der Waals surface area contributed by atoms with Crippen molar-refractivity contribution < 1.29 is 4.79 Å². The smallest absolute Gasteiger partial charge is 0.237 e. The van der Waals surface area contributed by atoms with E-state index in [1.807, 2.05) is 13.8 Å². The normalized spacial score (nSPS) is 14.7. The molecule has 0 aliphatic heterocycles. The molecular formula is C10H20N2O. The lowest BCUT2D eigenvalue weighted by Crippen LogP contribution is -2.44. The van der Waals surface area contributed by atoms with Crippen molar-refractivity contribution in [2.24, 2.45) is 5.73 Å². The summed E-state index contributed by atoms with van der Waals surface area (Å²) in [6.07, 6.45) is 4.25. The Kier molecular flexibility index (Phi) is 6.24. The third kappa shape index (κ3) is 5.42. The highest BCUT2D eigenvalue weighted by atomic mass is 16.2. The van der Waals surface area contributed by atoms with Gasteiger partial charge in [0.15, 0.2) is 0 Å². The first kappa shape index (κ1) is 12.2. The third-order valence-electron chi connectivity index (χ3n) is 1.85. The van der Waals surface area contributed by atoms with Gasteiger partial charge in [0.25, 0.3) is 0 Å². The zero-order chi connectivity index (χ0) is 10.3. The van der Waals surface area contributed by atoms with Crippen molar-refractivity contribution >= 4 is 5.91 Å². The van der Waals surface area contributed by atoms with Crippen LogP contribution in [0.25, 0.3) is 0 Å². The van der Waals surface area contributed by atoms with Crippen molar-refractivity contribution in [3.63, 3.8) is 0 Å². The Morgan fingerprint density at radius 1 is 1.69 bits per heavy atom. The second-order valence-electron chi connectivity index (χ2n) is 3.33. The largest absolute Gasteiger partial charge is 0.352 e. The topological polar surface area (TPSA) is 55.1 Å². The van der Waals surface area contributed by atoms with Gasteiger partial charge in [-0.15, -0.1) is 6.58 Å². The van der Waals surface area contributed by atoms with Crippen LogP contribution in [0.2, 0.25) is 0 Å². The van der Waals surface area contributed by atoms with Gasteiger partial charge in [-0.05, 0) is 19.8 Å². The number of hydrogen-bond donors (Lipinski definition) is 2. The lowest BCUT2D eigenvalue weighted by atomic mass is 10.1. The molecule has 1 amide bonds. The van der Waals surface area contributed by atoms with Crippen LogP contribution in [0, 0.1) is 0 Å². The Bertz CT molecular complexity index is 168. The van der Waals surface area contributed by atoms with Gasteiger partial charge in [-0.25, -0.2) is 0 Å². The minimum absolute atomic E-state index is 0.0591. The van der Waals surface area contributed by atoms with E-state index in [-0.39, 0.29) is 18.0 Å². The predicted molar refractivity (Wildman–Crippen MR) is 55.3 cm³/mol. The zero-order valence-electron chi connectivity index (χ0n) is 8.55. The lowest BCUT2D eigenvalue weighted by Gasteiger charge is -2.15. The molecule has 0 spiro atoms. The average Bonchev–Trinajstić information content (AvgIpc) is 2.05. The molecule has 0 saturated carbocycles. The summed E-state index contributed by atoms with van der Waals surface area (Å²) in [7, 11) is 0. The molecule has 0 aliphatic rings. The monoisotopic (exact) mass is 184 g/mol. The summed E-state index contributed by atoms with van der Waals surface area (Å²) in [5.41, 5.74) is 5.63. The Hall–Kier alpha value is -0.830. The van der Waals surface area contributed by atoms with E-state index >= 15 is 0 Å². The van der Waals surface area contributed by atoms with Gasteiger partial charge in [0.2, 0.25) is 5.91 Å². The van der Waals surface area contributed by atoms with Crippen LogP contribution in [0.4, 0.5) is 0 Å². The molecule has 13 heavy (non-hydrogen) atoms. The molecule has 0 aliphatic carbocycles. The minimum Gasteiger partial charge on any atom is -0.352 e. The SMILES string of the molecule is C=CCC(C)NC(=O)C(N)CCC. The van der Waals surface area contributed by atoms with Crippen LogP contribution in [-0.2, 0) is 4.79 Å². The zero-order valence-corrected chi connectivity index (χ0v) is 8.55. The van der Waals surface area contributed by atoms with E-state index in [0.717, 1.165) is 19.3 Å². The number of carbonyl (C=O) groups is 1. The molecule has 0 aromatic carbocycles. The first-order valence-corrected chi connectivity index (χ1v) is 4.78. The molecule has 2 atom stereocenters. The predicted octanol–water partition coefficient (Wildman–Crippen LogP) is 1.19. The number of carbonyl (C=O) groups excluding carboxylic acids is 1. The summed E-state index contributed by atoms with van der Waals surface area (Å²) in [6, 6.07) is -0.231. The fourth-order valence-electron chi connectivity index (χ4n) is 1.10. The van der Waals surface area contributed by atoms with Gasteiger partial charge in [0.05, 0.1) is 6.04 Å². The van der Waals surface area contributed by atoms with E-state index in [0.29, 0.717) is 0 Å². The summed E-state index contributed by atoms with van der Waals surface area (Å²) in [5.74, 6) is -0.0591. The molecule has 3 nitrogen and oxygen atoms in total. The number of rotatable bonds is 6. The summed E-state index contributed by atoms with van der Waals surface area (Å²) in [6.45, 7) is 7.56. The first-order chi connectivity index (χ1) is 6.11. The number of amides is 1. The van der Waals surface area contributed by atoms with Crippen molar-refractivity contribution in [3.8, 4) is 0 Å². The highest BCUT2D eigenvalue weighted by Gasteiger charge is 2.13. The molecule has 76 valence electrons. The average molecular weight is 184 g/mol. The van der Waals surface area contributed by atoms with Crippen LogP contribution in [0.3, 0.4) is 0 Å². The fourth-order valence-corrected chi connectivity index (χ4v) is 1.10. The van der Waals surface area contributed by atoms with Crippen molar-refractivity contribution in [3.05, 3.63) is 12.7 Å². The van der Waals surface area contributed by atoms with Crippen molar-refractivity contribution in [2.75, 3.05) is 0 Å². The van der Waals surface area contributed by atoms with Crippen LogP contribution in [0.5, 0.6) is 0 Å². The van der Waals surface area contributed by atoms with E-state index in [1.54, 1.807) is 6.08 Å². The molecule has 0 bridgehead atoms. The van der Waals surface area contributed by atoms with Gasteiger partial charge >= 0.3 is 0 Å². The molecule has 0 fully saturated rings. The maximum atomic E-state index is 11.3. The van der Waals surface area contributed by atoms with E-state index in [4.69, 9.17) is 5.73 Å². The van der Waals surface area contributed by atoms with E-state index < -0.39 is 0 Å². The minimum atomic E-state index is -0.364. The number of nitrogens with two attached hydrogens (primary N) is 1. The quantitative estimate of drug-likeness (QED) is 0.609. The van der Waals surface area contributed by atoms with E-state index in [2.05, 4.69) is 11.9 Å². The lowest BCUT2D eigenvalue weighted by molar-refractivity contribution is -0.123. The summed E-state index contributed by atoms with van der Waals surface area (Å²) < 4.78 is 0. The van der Waals surface area contributed by atoms with Crippen LogP contribution >= 0.6 is 0 Å². The van der Waals surface area contributed by atoms with Crippen LogP contribution in [0.1, 0.15) is 33.1 Å². The summed E-state index contributed by atoms with van der Waals surface area (Å²) >= 11 is 0. The van der Waals surface area contributed by atoms with Crippen LogP contribution in [-0.4, -0.2) is 18.0 Å². The summed E-state index contributed by atoms with van der Waals surface area (Å²) in [5, 5.41) is 2.83. The second-order valence-corrected chi connectivity index (χ2v) is 3.33. The van der Waals surface area contributed by atoms with Gasteiger partial charge in [0.1, 0.15) is 0 Å². The number of nitrogens with one attached hydrogen (secondary N) is 1. The van der Waals surface area contributed by atoms with Gasteiger partial charge in [0, 0.05) is 6.04 Å². The standard InChI is InChI=1S/C10H20N2O/c1-4-6-8(3)12-10(13)9(11)7-5-2/h4,8-9H,1,5-7,11H2,2-3H3,(H,12,13). The summed E-state index contributed by atoms with van der Waals surface area (Å²) in [4.78, 5) is 11.3. The van der Waals surface area contributed by atoms with Crippen LogP contribution in [0.15, 0.2) is 12.7 Å². The molecule has 0 radical (unpaired) electrons. The molecule has 0 aromatic heterocycles. The van der Waals surface area contributed by atoms with Crippen LogP contribution < -0.4 is 11.1 Å². The molecule has 3 N–H and O–H groups in total. The van der Waals surface area contributed by atoms with Gasteiger partial charge in [-0.3, -0.25) is 4.79 Å². The number of hydrogen-bond acceptors (Lipinski definition) is 2. The van der Waals surface area contributed by atoms with E-state index in [1.165, 1.54) is 0 Å². The molecule has 2 unspecified atom stereocenters. The maximum Gasteiger partial charge on any atom is 0.237 e. The maximum absolute atomic E-state index is 11.3. The molecule has 0 heterocycles. The third-order valence-corrected chi connectivity index (χ3v) is 1.85.